The van der Waals surface area contributed by atoms with E-state index in [-0.39, 0.29) is 6.61 Å². The summed E-state index contributed by atoms with van der Waals surface area (Å²) in [6, 6.07) is 7.12. The van der Waals surface area contributed by atoms with Crippen molar-refractivity contribution in [3.05, 3.63) is 40.3 Å². The van der Waals surface area contributed by atoms with E-state index in [1.54, 1.807) is 39.0 Å². The molecular weight excluding hydrogens is 310 g/mol. The maximum atomic E-state index is 11.9. The predicted molar refractivity (Wildman–Crippen MR) is 90.2 cm³/mol. The summed E-state index contributed by atoms with van der Waals surface area (Å²) in [4.78, 5) is 19.3. The fraction of sp³-hybridized carbons (Fsp3) is 0.500. The Morgan fingerprint density at radius 2 is 2.25 bits per heavy atom. The molecule has 0 aromatic heterocycles. The zero-order valence-electron chi connectivity index (χ0n) is 14.2. The number of ether oxygens (including phenoxy) is 2. The molecule has 128 valence electrons. The molecule has 2 rings (SSSR count). The largest absolute Gasteiger partial charge is 0.444 e. The highest BCUT2D eigenvalue weighted by atomic mass is 16.6. The minimum atomic E-state index is -0.691. The van der Waals surface area contributed by atoms with Crippen molar-refractivity contribution in [3.63, 3.8) is 0 Å². The number of hydrogen-bond acceptors (Lipinski definition) is 5. The molecule has 1 aromatic rings. The van der Waals surface area contributed by atoms with Crippen molar-refractivity contribution in [1.82, 2.24) is 5.32 Å². The lowest BCUT2D eigenvalue weighted by atomic mass is 9.92. The summed E-state index contributed by atoms with van der Waals surface area (Å²) in [7, 11) is 0. The third kappa shape index (κ3) is 4.71. The van der Waals surface area contributed by atoms with Gasteiger partial charge in [0.2, 0.25) is 0 Å². The van der Waals surface area contributed by atoms with Gasteiger partial charge in [-0.1, -0.05) is 23.3 Å². The molecule has 0 radical (unpaired) electrons. The van der Waals surface area contributed by atoms with E-state index in [9.17, 15) is 4.79 Å². The second-order valence-electron chi connectivity index (χ2n) is 6.69. The van der Waals surface area contributed by atoms with Crippen molar-refractivity contribution in [2.75, 3.05) is 13.2 Å². The summed E-state index contributed by atoms with van der Waals surface area (Å²) in [6.07, 6.45) is -0.572. The van der Waals surface area contributed by atoms with Crippen LogP contribution >= 0.6 is 0 Å². The van der Waals surface area contributed by atoms with E-state index in [2.05, 4.69) is 20.3 Å². The smallest absolute Gasteiger partial charge is 0.413 e. The third-order valence-electron chi connectivity index (χ3n) is 3.28. The van der Waals surface area contributed by atoms with Crippen LogP contribution in [0.2, 0.25) is 0 Å². The fourth-order valence-corrected chi connectivity index (χ4v) is 2.30. The van der Waals surface area contributed by atoms with E-state index in [0.717, 1.165) is 5.56 Å². The number of nitrogens with zero attached hydrogens (tertiary/aromatic N) is 4. The van der Waals surface area contributed by atoms with Crippen LogP contribution in [0.1, 0.15) is 33.3 Å². The molecule has 24 heavy (non-hydrogen) atoms. The molecule has 0 saturated carbocycles. The van der Waals surface area contributed by atoms with Gasteiger partial charge < -0.3 is 9.47 Å². The lowest BCUT2D eigenvalue weighted by Gasteiger charge is -2.31. The molecule has 0 aliphatic carbocycles. The first kappa shape index (κ1) is 17.8. The van der Waals surface area contributed by atoms with Crippen LogP contribution in [-0.2, 0) is 15.0 Å². The van der Waals surface area contributed by atoms with Gasteiger partial charge in [0, 0.05) is 10.6 Å². The molecule has 0 unspecified atom stereocenters. The SMILES string of the molecule is CC(C)(C)OC(=O)NC1=N[C@@](C)(c2cccc(N=[N+]=[N-])c2)COC1. The van der Waals surface area contributed by atoms with Crippen LogP contribution in [0.15, 0.2) is 34.4 Å². The lowest BCUT2D eigenvalue weighted by molar-refractivity contribution is 0.0543. The molecule has 0 spiro atoms. The Labute approximate surface area is 140 Å². The van der Waals surface area contributed by atoms with Crippen molar-refractivity contribution in [1.29, 1.82) is 0 Å². The highest BCUT2D eigenvalue weighted by molar-refractivity contribution is 5.96. The molecule has 8 heteroatoms. The van der Waals surface area contributed by atoms with Gasteiger partial charge in [0.25, 0.3) is 0 Å². The number of aliphatic imine (C=N–C) groups is 1. The normalized spacial score (nSPS) is 20.6. The highest BCUT2D eigenvalue weighted by Crippen LogP contribution is 2.30. The van der Waals surface area contributed by atoms with Gasteiger partial charge in [-0.15, -0.1) is 0 Å². The van der Waals surface area contributed by atoms with Gasteiger partial charge in [0.1, 0.15) is 23.6 Å². The minimum Gasteiger partial charge on any atom is -0.444 e. The molecule has 1 amide bonds. The monoisotopic (exact) mass is 331 g/mol. The van der Waals surface area contributed by atoms with Crippen LogP contribution in [0.5, 0.6) is 0 Å². The quantitative estimate of drug-likeness (QED) is 0.505. The second kappa shape index (κ2) is 6.90. The first-order valence-corrected chi connectivity index (χ1v) is 7.54. The van der Waals surface area contributed by atoms with Crippen LogP contribution in [0.4, 0.5) is 10.5 Å². The average Bonchev–Trinajstić information content (AvgIpc) is 2.46. The highest BCUT2D eigenvalue weighted by Gasteiger charge is 2.31. The van der Waals surface area contributed by atoms with Gasteiger partial charge in [-0.2, -0.15) is 0 Å². The molecule has 1 heterocycles. The number of carbonyl (C=O) groups is 1. The standard InChI is InChI=1S/C16H21N5O3/c1-15(2,3)24-14(22)18-13-9-23-10-16(4,19-13)11-6-5-7-12(8-11)20-21-17/h5-8H,9-10H2,1-4H3,(H,18,19,22)/t16-/m1/s1. The molecule has 8 nitrogen and oxygen atoms in total. The summed E-state index contributed by atoms with van der Waals surface area (Å²) in [5.41, 5.74) is 8.61. The number of benzene rings is 1. The summed E-state index contributed by atoms with van der Waals surface area (Å²) in [5.74, 6) is 0.396. The number of azide groups is 1. The predicted octanol–water partition coefficient (Wildman–Crippen LogP) is 3.80. The van der Waals surface area contributed by atoms with E-state index in [0.29, 0.717) is 18.1 Å². The van der Waals surface area contributed by atoms with Crippen molar-refractivity contribution in [2.45, 2.75) is 38.8 Å². The second-order valence-corrected chi connectivity index (χ2v) is 6.69. The third-order valence-corrected chi connectivity index (χ3v) is 3.28. The molecule has 1 aromatic carbocycles. The summed E-state index contributed by atoms with van der Waals surface area (Å²) in [6.45, 7) is 7.81. The number of amidine groups is 1. The Morgan fingerprint density at radius 1 is 1.50 bits per heavy atom. The molecule has 1 aliphatic heterocycles. The zero-order valence-corrected chi connectivity index (χ0v) is 14.2. The van der Waals surface area contributed by atoms with Crippen LogP contribution in [0.3, 0.4) is 0 Å². The number of carbonyl (C=O) groups excluding carboxylic acids is 1. The first-order valence-electron chi connectivity index (χ1n) is 7.54. The van der Waals surface area contributed by atoms with Gasteiger partial charge >= 0.3 is 6.09 Å². The molecule has 0 saturated heterocycles. The van der Waals surface area contributed by atoms with Gasteiger partial charge in [-0.25, -0.2) is 4.79 Å². The molecule has 1 N–H and O–H groups in total. The fourth-order valence-electron chi connectivity index (χ4n) is 2.30. The lowest BCUT2D eigenvalue weighted by Crippen LogP contribution is -2.44. The Balaban J connectivity index is 2.22. The maximum absolute atomic E-state index is 11.9. The maximum Gasteiger partial charge on any atom is 0.413 e. The van der Waals surface area contributed by atoms with Gasteiger partial charge in [-0.05, 0) is 44.9 Å². The van der Waals surface area contributed by atoms with Crippen molar-refractivity contribution >= 4 is 17.6 Å². The Kier molecular flexibility index (Phi) is 5.11. The summed E-state index contributed by atoms with van der Waals surface area (Å²) >= 11 is 0. The molecular formula is C16H21N5O3. The van der Waals surface area contributed by atoms with Crippen LogP contribution in [-0.4, -0.2) is 30.7 Å². The van der Waals surface area contributed by atoms with Crippen molar-refractivity contribution < 1.29 is 14.3 Å². The van der Waals surface area contributed by atoms with E-state index in [4.69, 9.17) is 15.0 Å². The number of rotatable bonds is 2. The number of alkyl carbamates (subject to hydrolysis) is 1. The topological polar surface area (TPSA) is 109 Å². The Bertz CT molecular complexity index is 704. The Morgan fingerprint density at radius 3 is 2.92 bits per heavy atom. The van der Waals surface area contributed by atoms with E-state index >= 15 is 0 Å². The summed E-state index contributed by atoms with van der Waals surface area (Å²) < 4.78 is 10.8. The van der Waals surface area contributed by atoms with Crippen molar-refractivity contribution in [2.24, 2.45) is 10.1 Å². The number of nitrogens with one attached hydrogen (secondary N) is 1. The zero-order chi connectivity index (χ0) is 17.8. The van der Waals surface area contributed by atoms with Crippen LogP contribution < -0.4 is 5.32 Å². The number of amides is 1. The van der Waals surface area contributed by atoms with E-state index in [1.807, 2.05) is 13.0 Å². The van der Waals surface area contributed by atoms with Crippen molar-refractivity contribution in [3.8, 4) is 0 Å². The molecule has 0 bridgehead atoms. The first-order chi connectivity index (χ1) is 11.2. The molecule has 1 atom stereocenters. The molecule has 1 aliphatic rings. The Hall–Kier alpha value is -2.57. The van der Waals surface area contributed by atoms with Crippen LogP contribution in [0.25, 0.3) is 10.4 Å². The summed E-state index contributed by atoms with van der Waals surface area (Å²) in [5, 5.41) is 6.22. The van der Waals surface area contributed by atoms with Gasteiger partial charge in [-0.3, -0.25) is 10.3 Å². The van der Waals surface area contributed by atoms with Gasteiger partial charge in [0.05, 0.1) is 6.61 Å². The minimum absolute atomic E-state index is 0.199. The van der Waals surface area contributed by atoms with E-state index in [1.165, 1.54) is 0 Å². The average molecular weight is 331 g/mol. The molecule has 0 fully saturated rings. The van der Waals surface area contributed by atoms with E-state index < -0.39 is 17.2 Å². The van der Waals surface area contributed by atoms with Gasteiger partial charge in [0.15, 0.2) is 0 Å². The van der Waals surface area contributed by atoms with Crippen LogP contribution in [0, 0.1) is 0 Å². The number of hydrogen-bond donors (Lipinski definition) is 1.